The van der Waals surface area contributed by atoms with Crippen LogP contribution in [0.15, 0.2) is 0 Å². The van der Waals surface area contributed by atoms with Crippen molar-refractivity contribution in [3.05, 3.63) is 0 Å². The van der Waals surface area contributed by atoms with E-state index >= 15 is 0 Å². The summed E-state index contributed by atoms with van der Waals surface area (Å²) in [6.45, 7) is 0. The van der Waals surface area contributed by atoms with Crippen molar-refractivity contribution in [2.24, 2.45) is 11.5 Å². The minimum Gasteiger partial charge on any atom is -0.480 e. The largest absolute Gasteiger partial charge is 0.480 e. The van der Waals surface area contributed by atoms with Crippen molar-refractivity contribution in [1.82, 2.24) is 0 Å². The number of carboxylic acid groups (broad SMARTS) is 1. The molecule has 0 rings (SSSR count). The molecule has 0 spiro atoms. The highest BCUT2D eigenvalue weighted by Gasteiger charge is 2.13. The molecule has 0 amide bonds. The van der Waals surface area contributed by atoms with Gasteiger partial charge in [0.15, 0.2) is 0 Å². The molecule has 0 aromatic rings. The van der Waals surface area contributed by atoms with E-state index in [1.54, 1.807) is 10.8 Å². The monoisotopic (exact) mass is 318 g/mol. The predicted molar refractivity (Wildman–Crippen MR) is 77.0 cm³/mol. The van der Waals surface area contributed by atoms with Gasteiger partial charge in [0.1, 0.15) is 12.1 Å². The third-order valence-electron chi connectivity index (χ3n) is 1.93. The third-order valence-corrected chi connectivity index (χ3v) is 4.40. The SMILES string of the molecule is COC(=O)C(N)CCSSCCC(N)C(=O)O.Cl. The Kier molecular flexibility index (Phi) is 13.4. The molecule has 18 heavy (non-hydrogen) atoms. The number of ether oxygens (including phenoxy) is 1. The molecule has 108 valence electrons. The average Bonchev–Trinajstić information content (AvgIpc) is 2.31. The summed E-state index contributed by atoms with van der Waals surface area (Å²) in [6, 6.07) is -1.39. The van der Waals surface area contributed by atoms with Gasteiger partial charge in [0.2, 0.25) is 0 Å². The molecule has 9 heteroatoms. The number of carboxylic acids is 1. The van der Waals surface area contributed by atoms with Crippen molar-refractivity contribution in [1.29, 1.82) is 0 Å². The Bertz CT molecular complexity index is 259. The summed E-state index contributed by atoms with van der Waals surface area (Å²) in [5.74, 6) is -0.0266. The molecule has 0 aliphatic heterocycles. The van der Waals surface area contributed by atoms with Gasteiger partial charge in [-0.05, 0) is 12.8 Å². The zero-order chi connectivity index (χ0) is 13.3. The Hall–Kier alpha value is -0.150. The molecular weight excluding hydrogens is 300 g/mol. The van der Waals surface area contributed by atoms with Gasteiger partial charge < -0.3 is 21.3 Å². The van der Waals surface area contributed by atoms with Crippen molar-refractivity contribution in [3.8, 4) is 0 Å². The maximum absolute atomic E-state index is 11.0. The first-order valence-electron chi connectivity index (χ1n) is 5.05. The van der Waals surface area contributed by atoms with E-state index in [1.807, 2.05) is 0 Å². The van der Waals surface area contributed by atoms with Crippen LogP contribution >= 0.6 is 34.0 Å². The quantitative estimate of drug-likeness (QED) is 0.319. The molecule has 2 atom stereocenters. The lowest BCUT2D eigenvalue weighted by Crippen LogP contribution is -2.32. The van der Waals surface area contributed by atoms with E-state index in [1.165, 1.54) is 17.9 Å². The van der Waals surface area contributed by atoms with Crippen molar-refractivity contribution in [2.75, 3.05) is 18.6 Å². The molecule has 0 saturated carbocycles. The second kappa shape index (κ2) is 11.9. The van der Waals surface area contributed by atoms with Crippen LogP contribution in [0.25, 0.3) is 0 Å². The smallest absolute Gasteiger partial charge is 0.322 e. The van der Waals surface area contributed by atoms with E-state index in [2.05, 4.69) is 4.74 Å². The Morgan fingerprint density at radius 2 is 1.61 bits per heavy atom. The van der Waals surface area contributed by atoms with E-state index in [4.69, 9.17) is 16.6 Å². The summed E-state index contributed by atoms with van der Waals surface area (Å²) in [5.41, 5.74) is 10.9. The Morgan fingerprint density at radius 3 is 2.00 bits per heavy atom. The number of methoxy groups -OCH3 is 1. The molecule has 0 bridgehead atoms. The van der Waals surface area contributed by atoms with Crippen molar-refractivity contribution >= 4 is 45.9 Å². The lowest BCUT2D eigenvalue weighted by Gasteiger charge is -2.08. The first kappa shape index (κ1) is 20.2. The average molecular weight is 319 g/mol. The van der Waals surface area contributed by atoms with Crippen LogP contribution in [0.5, 0.6) is 0 Å². The van der Waals surface area contributed by atoms with Crippen molar-refractivity contribution in [2.45, 2.75) is 24.9 Å². The van der Waals surface area contributed by atoms with Gasteiger partial charge in [-0.1, -0.05) is 21.6 Å². The Morgan fingerprint density at radius 1 is 1.17 bits per heavy atom. The van der Waals surface area contributed by atoms with Crippen LogP contribution in [0, 0.1) is 0 Å². The maximum atomic E-state index is 11.0. The third kappa shape index (κ3) is 9.84. The second-order valence-electron chi connectivity index (χ2n) is 3.30. The van der Waals surface area contributed by atoms with Gasteiger partial charge in [-0.25, -0.2) is 0 Å². The number of nitrogens with two attached hydrogens (primary N) is 2. The van der Waals surface area contributed by atoms with Gasteiger partial charge >= 0.3 is 11.9 Å². The zero-order valence-corrected chi connectivity index (χ0v) is 12.5. The van der Waals surface area contributed by atoms with E-state index in [0.717, 1.165) is 0 Å². The first-order valence-corrected chi connectivity index (χ1v) is 7.54. The lowest BCUT2D eigenvalue weighted by molar-refractivity contribution is -0.142. The number of hydrogen-bond donors (Lipinski definition) is 3. The lowest BCUT2D eigenvalue weighted by atomic mass is 10.2. The molecule has 0 radical (unpaired) electrons. The van der Waals surface area contributed by atoms with Crippen LogP contribution in [-0.4, -0.2) is 47.7 Å². The van der Waals surface area contributed by atoms with E-state index in [9.17, 15) is 9.59 Å². The fraction of sp³-hybridized carbons (Fsp3) is 0.778. The van der Waals surface area contributed by atoms with Crippen LogP contribution < -0.4 is 11.5 Å². The van der Waals surface area contributed by atoms with Gasteiger partial charge in [-0.2, -0.15) is 0 Å². The number of esters is 1. The molecule has 0 saturated heterocycles. The van der Waals surface area contributed by atoms with Gasteiger partial charge in [0.05, 0.1) is 7.11 Å². The molecule has 0 aromatic carbocycles. The van der Waals surface area contributed by atoms with Crippen LogP contribution in [0.1, 0.15) is 12.8 Å². The first-order chi connectivity index (χ1) is 7.99. The highest BCUT2D eigenvalue weighted by Crippen LogP contribution is 2.23. The van der Waals surface area contributed by atoms with E-state index in [0.29, 0.717) is 24.3 Å². The zero-order valence-electron chi connectivity index (χ0n) is 10.0. The highest BCUT2D eigenvalue weighted by molar-refractivity contribution is 8.76. The molecule has 0 heterocycles. The number of carbonyl (C=O) groups excluding carboxylic acids is 1. The molecule has 0 fully saturated rings. The summed E-state index contributed by atoms with van der Waals surface area (Å²) in [6.07, 6.45) is 0.964. The summed E-state index contributed by atoms with van der Waals surface area (Å²) < 4.78 is 4.49. The summed E-state index contributed by atoms with van der Waals surface area (Å²) in [5, 5.41) is 8.54. The number of rotatable bonds is 9. The molecule has 0 aliphatic rings. The van der Waals surface area contributed by atoms with Gasteiger partial charge in [-0.3, -0.25) is 9.59 Å². The Labute approximate surface area is 120 Å². The van der Waals surface area contributed by atoms with Crippen molar-refractivity contribution < 1.29 is 19.4 Å². The minimum absolute atomic E-state index is 0. The summed E-state index contributed by atoms with van der Waals surface area (Å²) >= 11 is 0. The molecule has 2 unspecified atom stereocenters. The molecule has 5 N–H and O–H groups in total. The van der Waals surface area contributed by atoms with Gasteiger partial charge in [-0.15, -0.1) is 12.4 Å². The Balaban J connectivity index is 0. The minimum atomic E-state index is -0.983. The molecule has 0 aromatic heterocycles. The van der Waals surface area contributed by atoms with Gasteiger partial charge in [0, 0.05) is 11.5 Å². The second-order valence-corrected chi connectivity index (χ2v) is 6.00. The van der Waals surface area contributed by atoms with Gasteiger partial charge in [0.25, 0.3) is 0 Å². The van der Waals surface area contributed by atoms with E-state index < -0.39 is 24.0 Å². The summed E-state index contributed by atoms with van der Waals surface area (Å²) in [4.78, 5) is 21.4. The van der Waals surface area contributed by atoms with E-state index in [-0.39, 0.29) is 12.4 Å². The molecule has 6 nitrogen and oxygen atoms in total. The summed E-state index contributed by atoms with van der Waals surface area (Å²) in [7, 11) is 4.37. The van der Waals surface area contributed by atoms with Crippen LogP contribution in [0.4, 0.5) is 0 Å². The fourth-order valence-corrected chi connectivity index (χ4v) is 3.08. The predicted octanol–water partition coefficient (Wildman–Crippen LogP) is 0.482. The number of halogens is 1. The van der Waals surface area contributed by atoms with Crippen LogP contribution in [0.3, 0.4) is 0 Å². The van der Waals surface area contributed by atoms with Crippen LogP contribution in [0.2, 0.25) is 0 Å². The maximum Gasteiger partial charge on any atom is 0.322 e. The number of carbonyl (C=O) groups is 2. The van der Waals surface area contributed by atoms with Crippen molar-refractivity contribution in [3.63, 3.8) is 0 Å². The molecular formula is C9H19ClN2O4S2. The number of hydrogen-bond acceptors (Lipinski definition) is 7. The highest BCUT2D eigenvalue weighted by atomic mass is 35.5. The van der Waals surface area contributed by atoms with Crippen LogP contribution in [-0.2, 0) is 14.3 Å². The molecule has 0 aliphatic carbocycles. The fourth-order valence-electron chi connectivity index (χ4n) is 0.861. The number of aliphatic carboxylic acids is 1. The normalized spacial score (nSPS) is 13.3. The topological polar surface area (TPSA) is 116 Å². The standard InChI is InChI=1S/C9H18N2O4S2.ClH/c1-15-9(14)7(11)3-5-17-16-4-2-6(10)8(12)13;/h6-7H,2-5,10-11H2,1H3,(H,12,13);1H.